The molecule has 2 N–H and O–H groups in total. The van der Waals surface area contributed by atoms with Gasteiger partial charge in [0.2, 0.25) is 5.91 Å². The SMILES string of the molecule is O=C(CC1CCC(OCC2CCC(F)CC2)CC1)NO. The van der Waals surface area contributed by atoms with Gasteiger partial charge in [-0.2, -0.15) is 0 Å². The molecule has 5 heteroatoms. The quantitative estimate of drug-likeness (QED) is 0.603. The number of hydrogen-bond donors (Lipinski definition) is 2. The van der Waals surface area contributed by atoms with E-state index in [2.05, 4.69) is 0 Å². The Kier molecular flexibility index (Phi) is 6.23. The Labute approximate surface area is 120 Å². The second kappa shape index (κ2) is 7.93. The Morgan fingerprint density at radius 2 is 1.65 bits per heavy atom. The van der Waals surface area contributed by atoms with Crippen LogP contribution in [0, 0.1) is 11.8 Å². The molecule has 0 heterocycles. The predicted molar refractivity (Wildman–Crippen MR) is 73.1 cm³/mol. The Hall–Kier alpha value is -0.680. The third kappa shape index (κ3) is 5.02. The van der Waals surface area contributed by atoms with E-state index in [4.69, 9.17) is 9.94 Å². The molecule has 0 aliphatic heterocycles. The predicted octanol–water partition coefficient (Wildman–Crippen LogP) is 2.99. The lowest BCUT2D eigenvalue weighted by Gasteiger charge is -2.30. The summed E-state index contributed by atoms with van der Waals surface area (Å²) in [4.78, 5) is 11.1. The second-order valence-electron chi connectivity index (χ2n) is 6.33. The van der Waals surface area contributed by atoms with Crippen molar-refractivity contribution in [1.82, 2.24) is 5.48 Å². The lowest BCUT2D eigenvalue weighted by Crippen LogP contribution is -2.28. The van der Waals surface area contributed by atoms with Crippen LogP contribution < -0.4 is 5.48 Å². The number of hydrogen-bond acceptors (Lipinski definition) is 3. The van der Waals surface area contributed by atoms with Gasteiger partial charge in [-0.15, -0.1) is 0 Å². The van der Waals surface area contributed by atoms with Gasteiger partial charge in [0.1, 0.15) is 6.17 Å². The van der Waals surface area contributed by atoms with Crippen LogP contribution in [-0.4, -0.2) is 30.0 Å². The number of ether oxygens (including phenoxy) is 1. The van der Waals surface area contributed by atoms with Crippen LogP contribution in [0.4, 0.5) is 4.39 Å². The molecule has 20 heavy (non-hydrogen) atoms. The lowest BCUT2D eigenvalue weighted by atomic mass is 9.85. The molecule has 2 aliphatic carbocycles. The molecular formula is C15H26FNO3. The largest absolute Gasteiger partial charge is 0.378 e. The van der Waals surface area contributed by atoms with Crippen LogP contribution in [-0.2, 0) is 9.53 Å². The highest BCUT2D eigenvalue weighted by atomic mass is 19.1. The zero-order chi connectivity index (χ0) is 14.4. The molecule has 0 radical (unpaired) electrons. The van der Waals surface area contributed by atoms with Crippen LogP contribution in [0.3, 0.4) is 0 Å². The van der Waals surface area contributed by atoms with Crippen LogP contribution in [0.2, 0.25) is 0 Å². The van der Waals surface area contributed by atoms with Gasteiger partial charge in [0.15, 0.2) is 0 Å². The second-order valence-corrected chi connectivity index (χ2v) is 6.33. The topological polar surface area (TPSA) is 58.6 Å². The molecule has 2 fully saturated rings. The molecule has 2 aliphatic rings. The van der Waals surface area contributed by atoms with Gasteiger partial charge >= 0.3 is 0 Å². The molecule has 0 saturated heterocycles. The van der Waals surface area contributed by atoms with Gasteiger partial charge in [0, 0.05) is 13.0 Å². The first-order valence-electron chi connectivity index (χ1n) is 7.86. The minimum absolute atomic E-state index is 0.294. The number of hydroxylamine groups is 1. The Morgan fingerprint density at radius 1 is 1.05 bits per heavy atom. The third-order valence-electron chi connectivity index (χ3n) is 4.74. The Balaban J connectivity index is 1.59. The minimum Gasteiger partial charge on any atom is -0.378 e. The van der Waals surface area contributed by atoms with E-state index in [0.717, 1.165) is 45.1 Å². The molecule has 4 nitrogen and oxygen atoms in total. The average molecular weight is 287 g/mol. The summed E-state index contributed by atoms with van der Waals surface area (Å²) in [6, 6.07) is 0. The van der Waals surface area contributed by atoms with Crippen molar-refractivity contribution < 1.29 is 19.1 Å². The first kappa shape index (κ1) is 15.7. The summed E-state index contributed by atoms with van der Waals surface area (Å²) < 4.78 is 19.0. The molecular weight excluding hydrogens is 261 g/mol. The maximum atomic E-state index is 13.0. The van der Waals surface area contributed by atoms with Gasteiger partial charge in [-0.05, 0) is 63.2 Å². The summed E-state index contributed by atoms with van der Waals surface area (Å²) in [5.74, 6) is 0.598. The summed E-state index contributed by atoms with van der Waals surface area (Å²) in [7, 11) is 0. The van der Waals surface area contributed by atoms with E-state index in [1.54, 1.807) is 5.48 Å². The summed E-state index contributed by atoms with van der Waals surface area (Å²) in [6.07, 6.45) is 7.33. The zero-order valence-corrected chi connectivity index (χ0v) is 12.0. The number of amides is 1. The molecule has 0 atom stereocenters. The average Bonchev–Trinajstić information content (AvgIpc) is 2.48. The van der Waals surface area contributed by atoms with Crippen LogP contribution >= 0.6 is 0 Å². The number of carbonyl (C=O) groups excluding carboxylic acids is 1. The monoisotopic (exact) mass is 287 g/mol. The van der Waals surface area contributed by atoms with E-state index in [-0.39, 0.29) is 5.91 Å². The van der Waals surface area contributed by atoms with Crippen molar-refractivity contribution in [3.8, 4) is 0 Å². The standard InChI is InChI=1S/C15H26FNO3/c16-13-5-1-12(2-6-13)10-20-14-7-3-11(4-8-14)9-15(18)17-19/h11-14,19H,1-10H2,(H,17,18). The number of carbonyl (C=O) groups is 1. The maximum Gasteiger partial charge on any atom is 0.243 e. The smallest absolute Gasteiger partial charge is 0.243 e. The maximum absolute atomic E-state index is 13.0. The van der Waals surface area contributed by atoms with Crippen LogP contribution in [0.25, 0.3) is 0 Å². The van der Waals surface area contributed by atoms with Crippen molar-refractivity contribution >= 4 is 5.91 Å². The van der Waals surface area contributed by atoms with Crippen molar-refractivity contribution in [2.24, 2.45) is 11.8 Å². The van der Waals surface area contributed by atoms with E-state index < -0.39 is 6.17 Å². The number of rotatable bonds is 5. The van der Waals surface area contributed by atoms with Crippen molar-refractivity contribution in [2.75, 3.05) is 6.61 Å². The van der Waals surface area contributed by atoms with Gasteiger partial charge < -0.3 is 4.74 Å². The fourth-order valence-corrected chi connectivity index (χ4v) is 3.37. The van der Waals surface area contributed by atoms with E-state index in [9.17, 15) is 9.18 Å². The summed E-state index contributed by atoms with van der Waals surface area (Å²) in [5.41, 5.74) is 1.69. The molecule has 0 aromatic heterocycles. The highest BCUT2D eigenvalue weighted by Gasteiger charge is 2.25. The Bertz CT molecular complexity index is 297. The Morgan fingerprint density at radius 3 is 2.25 bits per heavy atom. The molecule has 2 saturated carbocycles. The zero-order valence-electron chi connectivity index (χ0n) is 12.0. The summed E-state index contributed by atoms with van der Waals surface area (Å²) in [5, 5.41) is 8.51. The number of nitrogens with one attached hydrogen (secondary N) is 1. The minimum atomic E-state index is -0.598. The van der Waals surface area contributed by atoms with Gasteiger partial charge in [-0.1, -0.05) is 0 Å². The van der Waals surface area contributed by atoms with Gasteiger partial charge in [0.05, 0.1) is 6.10 Å². The van der Waals surface area contributed by atoms with Crippen molar-refractivity contribution in [3.63, 3.8) is 0 Å². The van der Waals surface area contributed by atoms with Gasteiger partial charge in [-0.25, -0.2) is 9.87 Å². The van der Waals surface area contributed by atoms with Crippen LogP contribution in [0.1, 0.15) is 57.8 Å². The fourth-order valence-electron chi connectivity index (χ4n) is 3.37. The van der Waals surface area contributed by atoms with Gasteiger partial charge in [0.25, 0.3) is 0 Å². The molecule has 0 unspecified atom stereocenters. The molecule has 0 spiro atoms. The number of halogens is 1. The van der Waals surface area contributed by atoms with E-state index >= 15 is 0 Å². The fraction of sp³-hybridized carbons (Fsp3) is 0.933. The highest BCUT2D eigenvalue weighted by molar-refractivity contribution is 5.74. The first-order chi connectivity index (χ1) is 9.67. The molecule has 1 amide bonds. The van der Waals surface area contributed by atoms with Crippen LogP contribution in [0.5, 0.6) is 0 Å². The van der Waals surface area contributed by atoms with E-state index in [0.29, 0.717) is 37.2 Å². The van der Waals surface area contributed by atoms with Gasteiger partial charge in [-0.3, -0.25) is 10.0 Å². The van der Waals surface area contributed by atoms with Crippen LogP contribution in [0.15, 0.2) is 0 Å². The third-order valence-corrected chi connectivity index (χ3v) is 4.74. The van der Waals surface area contributed by atoms with E-state index in [1.807, 2.05) is 0 Å². The summed E-state index contributed by atoms with van der Waals surface area (Å²) >= 11 is 0. The van der Waals surface area contributed by atoms with Crippen molar-refractivity contribution in [3.05, 3.63) is 0 Å². The molecule has 0 bridgehead atoms. The molecule has 0 aromatic rings. The normalized spacial score (nSPS) is 34.7. The molecule has 2 rings (SSSR count). The number of alkyl halides is 1. The molecule has 116 valence electrons. The van der Waals surface area contributed by atoms with Crippen molar-refractivity contribution in [1.29, 1.82) is 0 Å². The van der Waals surface area contributed by atoms with Crippen molar-refractivity contribution in [2.45, 2.75) is 70.1 Å². The first-order valence-corrected chi connectivity index (χ1v) is 7.86. The lowest BCUT2D eigenvalue weighted by molar-refractivity contribution is -0.130. The molecule has 0 aromatic carbocycles. The summed E-state index contributed by atoms with van der Waals surface area (Å²) in [6.45, 7) is 0.763. The van der Waals surface area contributed by atoms with E-state index in [1.165, 1.54) is 0 Å². The highest BCUT2D eigenvalue weighted by Crippen LogP contribution is 2.31.